The Kier molecular flexibility index (Phi) is 3.17. The Morgan fingerprint density at radius 2 is 2.20 bits per heavy atom. The second kappa shape index (κ2) is 4.41. The number of Topliss-reactive ketones (excluding diaryl/α,β-unsaturated/α-hetero) is 1. The molecule has 1 saturated heterocycles. The van der Waals surface area contributed by atoms with Crippen LogP contribution in [0.15, 0.2) is 6.20 Å². The molecule has 0 atom stereocenters. The maximum Gasteiger partial charge on any atom is 0.171 e. The summed E-state index contributed by atoms with van der Waals surface area (Å²) in [6.07, 6.45) is 4.06. The van der Waals surface area contributed by atoms with Crippen LogP contribution in [0.2, 0.25) is 0 Å². The molecule has 15 heavy (non-hydrogen) atoms. The summed E-state index contributed by atoms with van der Waals surface area (Å²) < 4.78 is 0. The summed E-state index contributed by atoms with van der Waals surface area (Å²) in [5.74, 6) is 0.700. The Morgan fingerprint density at radius 3 is 2.73 bits per heavy atom. The highest BCUT2D eigenvalue weighted by Gasteiger charge is 2.21. The quantitative estimate of drug-likeness (QED) is 0.722. The molecule has 0 aromatic carbocycles. The zero-order valence-electron chi connectivity index (χ0n) is 9.19. The van der Waals surface area contributed by atoms with Gasteiger partial charge in [0.05, 0.1) is 9.88 Å². The van der Waals surface area contributed by atoms with E-state index in [4.69, 9.17) is 0 Å². The standard InChI is InChI=1S/C11H16N2OS/c1-8(14)10-7-12-11(15-10)9-3-5-13(2)6-4-9/h7,9H,3-6H2,1-2H3. The van der Waals surface area contributed by atoms with Crippen molar-refractivity contribution in [2.24, 2.45) is 0 Å². The predicted octanol–water partition coefficient (Wildman–Crippen LogP) is 2.15. The number of piperidine rings is 1. The molecule has 0 aliphatic carbocycles. The monoisotopic (exact) mass is 224 g/mol. The normalized spacial score (nSPS) is 19.3. The zero-order valence-corrected chi connectivity index (χ0v) is 10.0. The smallest absolute Gasteiger partial charge is 0.171 e. The lowest BCUT2D eigenvalue weighted by molar-refractivity contribution is 0.102. The molecule has 1 aliphatic rings. The first-order chi connectivity index (χ1) is 7.16. The molecule has 0 amide bonds. The van der Waals surface area contributed by atoms with Gasteiger partial charge in [0, 0.05) is 19.0 Å². The van der Waals surface area contributed by atoms with Gasteiger partial charge in [0.1, 0.15) is 0 Å². The number of hydrogen-bond acceptors (Lipinski definition) is 4. The number of nitrogens with zero attached hydrogens (tertiary/aromatic N) is 2. The fourth-order valence-corrected chi connectivity index (χ4v) is 2.88. The van der Waals surface area contributed by atoms with Crippen molar-refractivity contribution in [1.82, 2.24) is 9.88 Å². The summed E-state index contributed by atoms with van der Waals surface area (Å²) in [6.45, 7) is 3.88. The minimum Gasteiger partial charge on any atom is -0.306 e. The van der Waals surface area contributed by atoms with E-state index in [1.165, 1.54) is 12.8 Å². The molecule has 82 valence electrons. The minimum absolute atomic E-state index is 0.131. The van der Waals surface area contributed by atoms with Crippen LogP contribution < -0.4 is 0 Å². The van der Waals surface area contributed by atoms with Crippen molar-refractivity contribution in [2.45, 2.75) is 25.7 Å². The maximum atomic E-state index is 11.2. The second-order valence-electron chi connectivity index (χ2n) is 4.20. The number of ketones is 1. The summed E-state index contributed by atoms with van der Waals surface area (Å²) >= 11 is 1.57. The number of rotatable bonds is 2. The third kappa shape index (κ3) is 2.44. The number of thiazole rings is 1. The number of likely N-dealkylation sites (tertiary alicyclic amines) is 1. The van der Waals surface area contributed by atoms with Crippen LogP contribution in [0.1, 0.15) is 40.4 Å². The van der Waals surface area contributed by atoms with Crippen LogP contribution in [0.5, 0.6) is 0 Å². The average Bonchev–Trinajstić information content (AvgIpc) is 2.68. The molecular formula is C11H16N2OS. The average molecular weight is 224 g/mol. The molecule has 0 saturated carbocycles. The Balaban J connectivity index is 2.06. The lowest BCUT2D eigenvalue weighted by Crippen LogP contribution is -2.29. The van der Waals surface area contributed by atoms with E-state index in [-0.39, 0.29) is 5.78 Å². The number of aromatic nitrogens is 1. The molecule has 4 heteroatoms. The van der Waals surface area contributed by atoms with Gasteiger partial charge in [0.25, 0.3) is 0 Å². The van der Waals surface area contributed by atoms with Gasteiger partial charge in [-0.05, 0) is 33.0 Å². The highest BCUT2D eigenvalue weighted by Crippen LogP contribution is 2.30. The first-order valence-corrected chi connectivity index (χ1v) is 6.13. The lowest BCUT2D eigenvalue weighted by Gasteiger charge is -2.27. The molecule has 2 rings (SSSR count). The maximum absolute atomic E-state index is 11.2. The van der Waals surface area contributed by atoms with Gasteiger partial charge in [0.2, 0.25) is 0 Å². The van der Waals surface area contributed by atoms with Gasteiger partial charge in [-0.2, -0.15) is 0 Å². The van der Waals surface area contributed by atoms with E-state index in [2.05, 4.69) is 16.9 Å². The molecule has 0 radical (unpaired) electrons. The van der Waals surface area contributed by atoms with Gasteiger partial charge in [-0.1, -0.05) is 0 Å². The van der Waals surface area contributed by atoms with E-state index in [9.17, 15) is 4.79 Å². The molecular weight excluding hydrogens is 208 g/mol. The van der Waals surface area contributed by atoms with Crippen molar-refractivity contribution >= 4 is 17.1 Å². The van der Waals surface area contributed by atoms with Crippen LogP contribution in [-0.4, -0.2) is 35.8 Å². The van der Waals surface area contributed by atoms with Crippen LogP contribution in [0.4, 0.5) is 0 Å². The summed E-state index contributed by atoms with van der Waals surface area (Å²) in [5, 5.41) is 1.15. The van der Waals surface area contributed by atoms with Gasteiger partial charge in [0.15, 0.2) is 5.78 Å². The molecule has 0 N–H and O–H groups in total. The first kappa shape index (κ1) is 10.8. The van der Waals surface area contributed by atoms with Crippen molar-refractivity contribution < 1.29 is 4.79 Å². The largest absolute Gasteiger partial charge is 0.306 e. The molecule has 1 aliphatic heterocycles. The van der Waals surface area contributed by atoms with E-state index >= 15 is 0 Å². The van der Waals surface area contributed by atoms with Crippen molar-refractivity contribution in [2.75, 3.05) is 20.1 Å². The second-order valence-corrected chi connectivity index (χ2v) is 5.26. The fourth-order valence-electron chi connectivity index (χ4n) is 1.89. The number of carbonyl (C=O) groups excluding carboxylic acids is 1. The number of hydrogen-bond donors (Lipinski definition) is 0. The molecule has 1 aromatic rings. The molecule has 0 unspecified atom stereocenters. The van der Waals surface area contributed by atoms with E-state index in [0.29, 0.717) is 5.92 Å². The summed E-state index contributed by atoms with van der Waals surface area (Å²) in [4.78, 5) is 18.7. The van der Waals surface area contributed by atoms with Gasteiger partial charge >= 0.3 is 0 Å². The predicted molar refractivity (Wildman–Crippen MR) is 61.6 cm³/mol. The van der Waals surface area contributed by atoms with Gasteiger partial charge in [-0.25, -0.2) is 4.98 Å². The van der Waals surface area contributed by atoms with Crippen molar-refractivity contribution in [3.8, 4) is 0 Å². The van der Waals surface area contributed by atoms with Crippen LogP contribution in [0.25, 0.3) is 0 Å². The third-order valence-electron chi connectivity index (χ3n) is 2.94. The molecule has 0 spiro atoms. The van der Waals surface area contributed by atoms with E-state index < -0.39 is 0 Å². The summed E-state index contributed by atoms with van der Waals surface area (Å²) in [7, 11) is 2.15. The Labute approximate surface area is 94.1 Å². The van der Waals surface area contributed by atoms with Gasteiger partial charge in [-0.15, -0.1) is 11.3 Å². The molecule has 3 nitrogen and oxygen atoms in total. The van der Waals surface area contributed by atoms with E-state index in [1.54, 1.807) is 24.5 Å². The van der Waals surface area contributed by atoms with E-state index in [1.807, 2.05) is 0 Å². The van der Waals surface area contributed by atoms with Crippen LogP contribution in [-0.2, 0) is 0 Å². The highest BCUT2D eigenvalue weighted by atomic mass is 32.1. The van der Waals surface area contributed by atoms with Gasteiger partial charge < -0.3 is 4.90 Å². The molecule has 0 bridgehead atoms. The van der Waals surface area contributed by atoms with Crippen molar-refractivity contribution in [3.05, 3.63) is 16.1 Å². The highest BCUT2D eigenvalue weighted by molar-refractivity contribution is 7.13. The third-order valence-corrected chi connectivity index (χ3v) is 4.20. The lowest BCUT2D eigenvalue weighted by atomic mass is 9.98. The van der Waals surface area contributed by atoms with Crippen molar-refractivity contribution in [3.63, 3.8) is 0 Å². The van der Waals surface area contributed by atoms with Crippen molar-refractivity contribution in [1.29, 1.82) is 0 Å². The number of carbonyl (C=O) groups is 1. The summed E-state index contributed by atoms with van der Waals surface area (Å²) in [5.41, 5.74) is 0. The molecule has 1 aromatic heterocycles. The Hall–Kier alpha value is -0.740. The molecule has 2 heterocycles. The Bertz CT molecular complexity index is 353. The van der Waals surface area contributed by atoms with Gasteiger partial charge in [-0.3, -0.25) is 4.79 Å². The van der Waals surface area contributed by atoms with Crippen LogP contribution >= 0.6 is 11.3 Å². The minimum atomic E-state index is 0.131. The Morgan fingerprint density at radius 1 is 1.53 bits per heavy atom. The molecule has 1 fully saturated rings. The zero-order chi connectivity index (χ0) is 10.8. The van der Waals surface area contributed by atoms with Crippen LogP contribution in [0, 0.1) is 0 Å². The van der Waals surface area contributed by atoms with Crippen LogP contribution in [0.3, 0.4) is 0 Å². The first-order valence-electron chi connectivity index (χ1n) is 5.32. The topological polar surface area (TPSA) is 33.2 Å². The fraction of sp³-hybridized carbons (Fsp3) is 0.636. The summed E-state index contributed by atoms with van der Waals surface area (Å²) in [6, 6.07) is 0. The SMILES string of the molecule is CC(=O)c1cnc(C2CCN(C)CC2)s1. The van der Waals surface area contributed by atoms with E-state index in [0.717, 1.165) is 23.0 Å².